The molecule has 0 aromatic carbocycles. The van der Waals surface area contributed by atoms with Gasteiger partial charge in [0.05, 0.1) is 25.4 Å². The lowest BCUT2D eigenvalue weighted by atomic mass is 9.99. The Balaban J connectivity index is 2.29. The van der Waals surface area contributed by atoms with Gasteiger partial charge in [-0.25, -0.2) is 0 Å². The lowest BCUT2D eigenvalue weighted by molar-refractivity contribution is -0.302. The van der Waals surface area contributed by atoms with E-state index in [1.54, 1.807) is 0 Å². The Labute approximate surface area is 344 Å². The number of aliphatic hydroxyl groups excluding tert-OH is 5. The van der Waals surface area contributed by atoms with Crippen LogP contribution in [-0.2, 0) is 14.3 Å². The van der Waals surface area contributed by atoms with Crippen molar-refractivity contribution in [2.45, 2.75) is 281 Å². The van der Waals surface area contributed by atoms with E-state index in [1.165, 1.54) is 173 Å². The van der Waals surface area contributed by atoms with Gasteiger partial charge in [0.25, 0.3) is 0 Å². The average Bonchev–Trinajstić information content (AvgIpc) is 3.20. The summed E-state index contributed by atoms with van der Waals surface area (Å²) in [6.07, 6.45) is 35.3. The lowest BCUT2D eigenvalue weighted by Crippen LogP contribution is -2.60. The monoisotopic (exact) mass is 800 g/mol. The summed E-state index contributed by atoms with van der Waals surface area (Å²) in [5.74, 6) is -0.140. The summed E-state index contributed by atoms with van der Waals surface area (Å²) in [6, 6.07) is -0.711. The van der Waals surface area contributed by atoms with Crippen LogP contribution >= 0.6 is 0 Å². The van der Waals surface area contributed by atoms with Crippen molar-refractivity contribution < 1.29 is 39.8 Å². The molecule has 2 unspecified atom stereocenters. The summed E-state index contributed by atoms with van der Waals surface area (Å²) in [5, 5.41) is 54.4. The highest BCUT2D eigenvalue weighted by Gasteiger charge is 2.44. The molecule has 9 nitrogen and oxygen atoms in total. The van der Waals surface area contributed by atoms with Crippen LogP contribution in [0.15, 0.2) is 0 Å². The molecule has 1 amide bonds. The van der Waals surface area contributed by atoms with Crippen molar-refractivity contribution in [1.29, 1.82) is 0 Å². The van der Waals surface area contributed by atoms with Crippen molar-refractivity contribution in [3.63, 3.8) is 0 Å². The predicted octanol–water partition coefficient (Wildman–Crippen LogP) is 10.3. The van der Waals surface area contributed by atoms with Crippen molar-refractivity contribution in [1.82, 2.24) is 5.32 Å². The summed E-state index contributed by atoms with van der Waals surface area (Å²) in [4.78, 5) is 13.0. The minimum absolute atomic E-state index is 0.131. The van der Waals surface area contributed by atoms with E-state index >= 15 is 0 Å². The van der Waals surface area contributed by atoms with Gasteiger partial charge in [-0.3, -0.25) is 4.79 Å². The Morgan fingerprint density at radius 2 is 0.893 bits per heavy atom. The molecule has 56 heavy (non-hydrogen) atoms. The first-order valence-corrected chi connectivity index (χ1v) is 24.2. The number of aliphatic hydroxyl groups is 5. The summed E-state index contributed by atoms with van der Waals surface area (Å²) >= 11 is 0. The quantitative estimate of drug-likeness (QED) is 0.0335. The molecule has 334 valence electrons. The van der Waals surface area contributed by atoms with Crippen molar-refractivity contribution in [3.8, 4) is 0 Å². The highest BCUT2D eigenvalue weighted by atomic mass is 16.7. The number of hydrogen-bond acceptors (Lipinski definition) is 8. The van der Waals surface area contributed by atoms with Gasteiger partial charge in [0, 0.05) is 6.42 Å². The molecule has 0 aromatic rings. The fourth-order valence-corrected chi connectivity index (χ4v) is 8.04. The highest BCUT2D eigenvalue weighted by molar-refractivity contribution is 5.76. The van der Waals surface area contributed by atoms with E-state index in [0.29, 0.717) is 12.8 Å². The van der Waals surface area contributed by atoms with E-state index in [2.05, 4.69) is 19.2 Å². The first-order valence-electron chi connectivity index (χ1n) is 24.2. The molecule has 6 N–H and O–H groups in total. The largest absolute Gasteiger partial charge is 0.394 e. The Morgan fingerprint density at radius 3 is 1.27 bits per heavy atom. The van der Waals surface area contributed by atoms with E-state index in [4.69, 9.17) is 9.47 Å². The summed E-state index contributed by atoms with van der Waals surface area (Å²) < 4.78 is 11.3. The Hall–Kier alpha value is -0.810. The molecule has 1 aliphatic rings. The zero-order valence-corrected chi connectivity index (χ0v) is 36.7. The summed E-state index contributed by atoms with van der Waals surface area (Å²) in [5.41, 5.74) is 0. The Kier molecular flexibility index (Phi) is 36.5. The SMILES string of the molecule is CCCCCCCCCCCCCCCCCCC[C@@H](O)[C@H](CO[C@@H]1O[C@H](CO)[C@@H](O)C(O)C1O)NC(=O)CCCCCCCCCCCCCCCCCC. The van der Waals surface area contributed by atoms with Crippen molar-refractivity contribution in [3.05, 3.63) is 0 Å². The van der Waals surface area contributed by atoms with E-state index in [1.807, 2.05) is 0 Å². The topological polar surface area (TPSA) is 149 Å². The number of hydrogen-bond donors (Lipinski definition) is 6. The second-order valence-electron chi connectivity index (χ2n) is 17.3. The van der Waals surface area contributed by atoms with Crippen molar-refractivity contribution in [2.24, 2.45) is 0 Å². The summed E-state index contributed by atoms with van der Waals surface area (Å²) in [7, 11) is 0. The highest BCUT2D eigenvalue weighted by Crippen LogP contribution is 2.23. The number of nitrogens with one attached hydrogen (secondary N) is 1. The molecule has 0 aliphatic carbocycles. The molecule has 0 bridgehead atoms. The van der Waals surface area contributed by atoms with Crippen LogP contribution < -0.4 is 5.32 Å². The van der Waals surface area contributed by atoms with E-state index in [-0.39, 0.29) is 12.5 Å². The Morgan fingerprint density at radius 1 is 0.536 bits per heavy atom. The second kappa shape index (κ2) is 38.4. The smallest absolute Gasteiger partial charge is 0.220 e. The maximum absolute atomic E-state index is 13.0. The average molecular weight is 800 g/mol. The van der Waals surface area contributed by atoms with Crippen molar-refractivity contribution in [2.75, 3.05) is 13.2 Å². The van der Waals surface area contributed by atoms with Gasteiger partial charge < -0.3 is 40.3 Å². The van der Waals surface area contributed by atoms with Gasteiger partial charge in [-0.1, -0.05) is 219 Å². The fraction of sp³-hybridized carbons (Fsp3) is 0.979. The lowest BCUT2D eigenvalue weighted by Gasteiger charge is -2.40. The normalized spacial score (nSPS) is 21.0. The first kappa shape index (κ1) is 53.2. The molecule has 1 saturated heterocycles. The van der Waals surface area contributed by atoms with E-state index in [0.717, 1.165) is 38.5 Å². The molecule has 1 rings (SSSR count). The van der Waals surface area contributed by atoms with Crippen LogP contribution in [0.2, 0.25) is 0 Å². The number of rotatable bonds is 41. The zero-order valence-electron chi connectivity index (χ0n) is 36.7. The Bertz CT molecular complexity index is 847. The maximum atomic E-state index is 13.0. The first-order chi connectivity index (χ1) is 27.3. The molecule has 9 heteroatoms. The van der Waals surface area contributed by atoms with Gasteiger partial charge in [0.2, 0.25) is 5.91 Å². The minimum atomic E-state index is -1.55. The van der Waals surface area contributed by atoms with Crippen LogP contribution in [-0.4, -0.2) is 87.5 Å². The molecule has 0 aromatic heterocycles. The van der Waals surface area contributed by atoms with Gasteiger partial charge in [0.15, 0.2) is 6.29 Å². The van der Waals surface area contributed by atoms with E-state index < -0.39 is 49.5 Å². The van der Waals surface area contributed by atoms with Crippen LogP contribution in [0, 0.1) is 0 Å². The molecule has 1 heterocycles. The third kappa shape index (κ3) is 28.6. The molecule has 0 radical (unpaired) electrons. The van der Waals surface area contributed by atoms with Crippen LogP contribution in [0.1, 0.15) is 239 Å². The second-order valence-corrected chi connectivity index (χ2v) is 17.3. The molecule has 0 saturated carbocycles. The molecular weight excluding hydrogens is 707 g/mol. The third-order valence-corrected chi connectivity index (χ3v) is 12.0. The minimum Gasteiger partial charge on any atom is -0.394 e. The number of carbonyl (C=O) groups excluding carboxylic acids is 1. The fourth-order valence-electron chi connectivity index (χ4n) is 8.04. The van der Waals surface area contributed by atoms with Gasteiger partial charge in [-0.2, -0.15) is 0 Å². The maximum Gasteiger partial charge on any atom is 0.220 e. The number of carbonyl (C=O) groups is 1. The van der Waals surface area contributed by atoms with Crippen molar-refractivity contribution >= 4 is 5.91 Å². The van der Waals surface area contributed by atoms with Gasteiger partial charge >= 0.3 is 0 Å². The molecule has 1 aliphatic heterocycles. The molecule has 1 fully saturated rings. The molecule has 0 spiro atoms. The van der Waals surface area contributed by atoms with Crippen LogP contribution in [0.4, 0.5) is 0 Å². The van der Waals surface area contributed by atoms with Gasteiger partial charge in [-0.05, 0) is 12.8 Å². The molecular formula is C47H93NO8. The van der Waals surface area contributed by atoms with Gasteiger partial charge in [-0.15, -0.1) is 0 Å². The van der Waals surface area contributed by atoms with Crippen LogP contribution in [0.3, 0.4) is 0 Å². The number of ether oxygens (including phenoxy) is 2. The number of unbranched alkanes of at least 4 members (excludes halogenated alkanes) is 31. The molecule has 7 atom stereocenters. The summed E-state index contributed by atoms with van der Waals surface area (Å²) in [6.45, 7) is 3.86. The zero-order chi connectivity index (χ0) is 40.9. The number of amides is 1. The third-order valence-electron chi connectivity index (χ3n) is 12.0. The predicted molar refractivity (Wildman–Crippen MR) is 231 cm³/mol. The standard InChI is InChI=1S/C47H93NO8/c1-3-5-7-9-11-13-15-17-19-21-22-24-26-28-30-32-34-36-41(50)40(39-55-47-46(54)45(53)44(52)42(38-49)56-47)48-43(51)37-35-33-31-29-27-25-23-20-18-16-14-12-10-8-6-4-2/h40-42,44-47,49-50,52-54H,3-39H2,1-2H3,(H,48,51)/t40-,41+,42+,44+,45?,46?,47+/m0/s1. The van der Waals surface area contributed by atoms with Crippen LogP contribution in [0.25, 0.3) is 0 Å². The van der Waals surface area contributed by atoms with Gasteiger partial charge in [0.1, 0.15) is 24.4 Å². The van der Waals surface area contributed by atoms with E-state index in [9.17, 15) is 30.3 Å². The van der Waals surface area contributed by atoms with Crippen LogP contribution in [0.5, 0.6) is 0 Å².